The molecule has 24 heavy (non-hydrogen) atoms. The number of nitrogens with zero attached hydrogens (tertiary/aromatic N) is 1. The van der Waals surface area contributed by atoms with Gasteiger partial charge in [-0.1, -0.05) is 23.7 Å². The van der Waals surface area contributed by atoms with E-state index >= 15 is 0 Å². The fourth-order valence-electron chi connectivity index (χ4n) is 2.60. The molecule has 0 amide bonds. The molecular weight excluding hydrogens is 330 g/mol. The highest BCUT2D eigenvalue weighted by atomic mass is 35.5. The Hall–Kier alpha value is -2.27. The quantitative estimate of drug-likeness (QED) is 0.781. The van der Waals surface area contributed by atoms with Crippen LogP contribution in [0.1, 0.15) is 25.3 Å². The number of carbonyl (C=O) groups excluding carboxylic acids is 2. The molecule has 0 spiro atoms. The summed E-state index contributed by atoms with van der Waals surface area (Å²) in [5.41, 5.74) is 1.44. The van der Waals surface area contributed by atoms with E-state index in [9.17, 15) is 9.59 Å². The zero-order valence-electron chi connectivity index (χ0n) is 14.1. The molecule has 0 radical (unpaired) electrons. The summed E-state index contributed by atoms with van der Waals surface area (Å²) in [7, 11) is 2.63. The van der Waals surface area contributed by atoms with E-state index in [-0.39, 0.29) is 6.04 Å². The van der Waals surface area contributed by atoms with Crippen LogP contribution in [0.5, 0.6) is 0 Å². The molecule has 0 N–H and O–H groups in total. The van der Waals surface area contributed by atoms with Crippen molar-refractivity contribution in [2.45, 2.75) is 25.8 Å². The van der Waals surface area contributed by atoms with E-state index in [0.29, 0.717) is 16.2 Å². The molecule has 6 heteroatoms. The van der Waals surface area contributed by atoms with Crippen molar-refractivity contribution in [2.75, 3.05) is 14.2 Å². The minimum atomic E-state index is -0.599. The van der Waals surface area contributed by atoms with Crippen molar-refractivity contribution in [2.24, 2.45) is 0 Å². The number of halogens is 1. The molecule has 0 bridgehead atoms. The highest BCUT2D eigenvalue weighted by Crippen LogP contribution is 2.38. The summed E-state index contributed by atoms with van der Waals surface area (Å²) in [6.45, 7) is 3.91. The van der Waals surface area contributed by atoms with Crippen LogP contribution in [0.2, 0.25) is 5.02 Å². The Labute approximate surface area is 146 Å². The maximum absolute atomic E-state index is 12.3. The fourth-order valence-corrected chi connectivity index (χ4v) is 2.79. The first-order valence-electron chi connectivity index (χ1n) is 7.52. The van der Waals surface area contributed by atoms with Crippen molar-refractivity contribution >= 4 is 23.5 Å². The van der Waals surface area contributed by atoms with Crippen molar-refractivity contribution in [1.82, 2.24) is 4.90 Å². The van der Waals surface area contributed by atoms with E-state index < -0.39 is 17.9 Å². The number of methoxy groups -OCH3 is 2. The Morgan fingerprint density at radius 2 is 1.62 bits per heavy atom. The molecule has 1 aliphatic heterocycles. The van der Waals surface area contributed by atoms with Crippen LogP contribution in [-0.4, -0.2) is 37.1 Å². The highest BCUT2D eigenvalue weighted by Gasteiger charge is 2.35. The summed E-state index contributed by atoms with van der Waals surface area (Å²) in [5, 5.41) is 0.521. The molecule has 0 fully saturated rings. The molecule has 1 heterocycles. The van der Waals surface area contributed by atoms with Gasteiger partial charge in [-0.05, 0) is 31.5 Å². The zero-order valence-corrected chi connectivity index (χ0v) is 14.8. The summed E-state index contributed by atoms with van der Waals surface area (Å²) in [6.07, 6.45) is 3.41. The molecule has 1 aromatic rings. The lowest BCUT2D eigenvalue weighted by Crippen LogP contribution is -2.31. The van der Waals surface area contributed by atoms with Crippen molar-refractivity contribution in [3.63, 3.8) is 0 Å². The van der Waals surface area contributed by atoms with Crippen LogP contribution in [-0.2, 0) is 19.1 Å². The van der Waals surface area contributed by atoms with Gasteiger partial charge < -0.3 is 14.4 Å². The molecule has 2 rings (SSSR count). The molecule has 0 atom stereocenters. The summed E-state index contributed by atoms with van der Waals surface area (Å²) in [6, 6.07) is 7.11. The Morgan fingerprint density at radius 1 is 1.08 bits per heavy atom. The van der Waals surface area contributed by atoms with Crippen molar-refractivity contribution in [1.29, 1.82) is 0 Å². The first kappa shape index (κ1) is 18.1. The Bertz CT molecular complexity index is 675. The monoisotopic (exact) mass is 349 g/mol. The maximum atomic E-state index is 12.3. The minimum Gasteiger partial charge on any atom is -0.466 e. The first-order chi connectivity index (χ1) is 11.4. The largest absolute Gasteiger partial charge is 0.466 e. The molecule has 0 aliphatic carbocycles. The van der Waals surface area contributed by atoms with Crippen molar-refractivity contribution in [3.8, 4) is 0 Å². The zero-order chi connectivity index (χ0) is 17.9. The number of carbonyl (C=O) groups is 2. The summed E-state index contributed by atoms with van der Waals surface area (Å²) < 4.78 is 9.83. The Kier molecular flexibility index (Phi) is 5.67. The SMILES string of the molecule is COC(=O)C1=CN(C(C)C)C=C(C(=O)OC)C1c1cccc(Cl)c1. The number of ether oxygens (including phenoxy) is 2. The minimum absolute atomic E-state index is 0.0598. The molecule has 0 unspecified atom stereocenters. The third-order valence-electron chi connectivity index (χ3n) is 3.82. The van der Waals surface area contributed by atoms with Gasteiger partial charge in [-0.2, -0.15) is 0 Å². The van der Waals surface area contributed by atoms with Gasteiger partial charge in [-0.25, -0.2) is 9.59 Å². The van der Waals surface area contributed by atoms with Gasteiger partial charge >= 0.3 is 11.9 Å². The van der Waals surface area contributed by atoms with Gasteiger partial charge in [0.25, 0.3) is 0 Å². The van der Waals surface area contributed by atoms with Crippen LogP contribution >= 0.6 is 11.6 Å². The van der Waals surface area contributed by atoms with Gasteiger partial charge in [0.15, 0.2) is 0 Å². The molecule has 0 saturated carbocycles. The second-order valence-electron chi connectivity index (χ2n) is 5.68. The lowest BCUT2D eigenvalue weighted by atomic mass is 9.83. The van der Waals surface area contributed by atoms with E-state index in [1.54, 1.807) is 35.5 Å². The van der Waals surface area contributed by atoms with Gasteiger partial charge in [0, 0.05) is 23.5 Å². The third-order valence-corrected chi connectivity index (χ3v) is 4.05. The molecule has 5 nitrogen and oxygen atoms in total. The lowest BCUT2D eigenvalue weighted by molar-refractivity contribution is -0.137. The molecule has 1 aromatic carbocycles. The van der Waals surface area contributed by atoms with Crippen molar-refractivity contribution in [3.05, 3.63) is 58.4 Å². The van der Waals surface area contributed by atoms with Gasteiger partial charge in [0.1, 0.15) is 0 Å². The third kappa shape index (κ3) is 3.62. The predicted molar refractivity (Wildman–Crippen MR) is 91.4 cm³/mol. The average Bonchev–Trinajstić information content (AvgIpc) is 2.58. The smallest absolute Gasteiger partial charge is 0.336 e. The number of esters is 2. The van der Waals surface area contributed by atoms with Gasteiger partial charge in [-0.15, -0.1) is 0 Å². The first-order valence-corrected chi connectivity index (χ1v) is 7.89. The van der Waals surface area contributed by atoms with Crippen LogP contribution in [0.15, 0.2) is 47.8 Å². The van der Waals surface area contributed by atoms with E-state index in [4.69, 9.17) is 21.1 Å². The molecule has 128 valence electrons. The number of benzene rings is 1. The van der Waals surface area contributed by atoms with E-state index in [1.807, 2.05) is 19.9 Å². The second kappa shape index (κ2) is 7.53. The number of hydrogen-bond acceptors (Lipinski definition) is 5. The summed E-state index contributed by atoms with van der Waals surface area (Å²) in [4.78, 5) is 26.5. The van der Waals surface area contributed by atoms with E-state index in [0.717, 1.165) is 5.56 Å². The number of rotatable bonds is 4. The Morgan fingerprint density at radius 3 is 2.04 bits per heavy atom. The maximum Gasteiger partial charge on any atom is 0.336 e. The van der Waals surface area contributed by atoms with E-state index in [2.05, 4.69) is 0 Å². The molecule has 0 aromatic heterocycles. The average molecular weight is 350 g/mol. The molecule has 1 aliphatic rings. The normalized spacial score (nSPS) is 15.0. The molecular formula is C18H20ClNO4. The predicted octanol–water partition coefficient (Wildman–Crippen LogP) is 3.26. The fraction of sp³-hybridized carbons (Fsp3) is 0.333. The van der Waals surface area contributed by atoms with E-state index in [1.165, 1.54) is 14.2 Å². The second-order valence-corrected chi connectivity index (χ2v) is 6.12. The Balaban J connectivity index is 2.63. The highest BCUT2D eigenvalue weighted by molar-refractivity contribution is 6.30. The van der Waals surface area contributed by atoms with Crippen molar-refractivity contribution < 1.29 is 19.1 Å². The topological polar surface area (TPSA) is 55.8 Å². The van der Waals surface area contributed by atoms with Crippen LogP contribution in [0.4, 0.5) is 0 Å². The van der Waals surface area contributed by atoms with Crippen LogP contribution in [0, 0.1) is 0 Å². The summed E-state index contributed by atoms with van der Waals surface area (Å²) in [5.74, 6) is -1.60. The lowest BCUT2D eigenvalue weighted by Gasteiger charge is -2.32. The summed E-state index contributed by atoms with van der Waals surface area (Å²) >= 11 is 6.08. The van der Waals surface area contributed by atoms with Crippen LogP contribution < -0.4 is 0 Å². The van der Waals surface area contributed by atoms with Crippen LogP contribution in [0.3, 0.4) is 0 Å². The van der Waals surface area contributed by atoms with Gasteiger partial charge in [-0.3, -0.25) is 0 Å². The van der Waals surface area contributed by atoms with Gasteiger partial charge in [0.05, 0.1) is 31.3 Å². The molecule has 0 saturated heterocycles. The van der Waals surface area contributed by atoms with Gasteiger partial charge in [0.2, 0.25) is 0 Å². The van der Waals surface area contributed by atoms with Crippen LogP contribution in [0.25, 0.3) is 0 Å². The standard InChI is InChI=1S/C18H20ClNO4/c1-11(2)20-9-14(17(21)23-3)16(15(10-20)18(22)24-4)12-6-5-7-13(19)8-12/h5-11,16H,1-4H3. The number of hydrogen-bond donors (Lipinski definition) is 0.